The van der Waals surface area contributed by atoms with E-state index in [1.165, 1.54) is 16.9 Å². The smallest absolute Gasteiger partial charge is 0.254 e. The van der Waals surface area contributed by atoms with Gasteiger partial charge in [-0.05, 0) is 24.6 Å². The van der Waals surface area contributed by atoms with Crippen LogP contribution in [0.2, 0.25) is 0 Å². The van der Waals surface area contributed by atoms with E-state index in [2.05, 4.69) is 34.8 Å². The SMILES string of the molecule is Cc1ccc(-c2cs/c(=N/NC(=O)CC#N)n2-c2ccccc2)cc1. The fourth-order valence-corrected chi connectivity index (χ4v) is 3.23. The monoisotopic (exact) mass is 348 g/mol. The van der Waals surface area contributed by atoms with Gasteiger partial charge in [0.2, 0.25) is 4.80 Å². The Labute approximate surface area is 149 Å². The maximum Gasteiger partial charge on any atom is 0.254 e. The van der Waals surface area contributed by atoms with Crippen LogP contribution in [0.4, 0.5) is 0 Å². The number of aromatic nitrogens is 1. The molecule has 1 N–H and O–H groups in total. The summed E-state index contributed by atoms with van der Waals surface area (Å²) in [7, 11) is 0. The van der Waals surface area contributed by atoms with Gasteiger partial charge in [-0.3, -0.25) is 9.36 Å². The predicted molar refractivity (Wildman–Crippen MR) is 97.8 cm³/mol. The van der Waals surface area contributed by atoms with Crippen molar-refractivity contribution >= 4 is 17.2 Å². The summed E-state index contributed by atoms with van der Waals surface area (Å²) in [6.07, 6.45) is -0.217. The number of thiazole rings is 1. The number of hydrogen-bond donors (Lipinski definition) is 1. The molecule has 124 valence electrons. The lowest BCUT2D eigenvalue weighted by atomic mass is 10.1. The zero-order valence-electron chi connectivity index (χ0n) is 13.6. The molecular formula is C19H16N4OS. The van der Waals surface area contributed by atoms with Crippen molar-refractivity contribution in [3.63, 3.8) is 0 Å². The van der Waals surface area contributed by atoms with Gasteiger partial charge < -0.3 is 0 Å². The highest BCUT2D eigenvalue weighted by molar-refractivity contribution is 7.07. The number of nitriles is 1. The van der Waals surface area contributed by atoms with Crippen LogP contribution in [0.25, 0.3) is 16.9 Å². The summed E-state index contributed by atoms with van der Waals surface area (Å²) >= 11 is 1.43. The summed E-state index contributed by atoms with van der Waals surface area (Å²) in [6.45, 7) is 2.05. The van der Waals surface area contributed by atoms with Crippen molar-refractivity contribution < 1.29 is 4.79 Å². The van der Waals surface area contributed by atoms with Crippen LogP contribution in [0.1, 0.15) is 12.0 Å². The Hall–Kier alpha value is -3.17. The lowest BCUT2D eigenvalue weighted by Gasteiger charge is -2.09. The number of carbonyl (C=O) groups is 1. The molecule has 0 unspecified atom stereocenters. The molecule has 0 saturated carbocycles. The molecular weight excluding hydrogens is 332 g/mol. The average molecular weight is 348 g/mol. The van der Waals surface area contributed by atoms with Crippen molar-refractivity contribution in [2.45, 2.75) is 13.3 Å². The minimum absolute atomic E-state index is 0.217. The normalized spacial score (nSPS) is 11.1. The molecule has 1 aromatic heterocycles. The molecule has 1 heterocycles. The van der Waals surface area contributed by atoms with Crippen molar-refractivity contribution in [2.24, 2.45) is 5.10 Å². The average Bonchev–Trinajstić information content (AvgIpc) is 3.05. The number of benzene rings is 2. The van der Waals surface area contributed by atoms with Crippen molar-refractivity contribution in [2.75, 3.05) is 0 Å². The molecule has 3 rings (SSSR count). The Morgan fingerprint density at radius 1 is 1.20 bits per heavy atom. The largest absolute Gasteiger partial charge is 0.284 e. The summed E-state index contributed by atoms with van der Waals surface area (Å²) in [5.74, 6) is -0.424. The highest BCUT2D eigenvalue weighted by atomic mass is 32.1. The number of nitrogens with zero attached hydrogens (tertiary/aromatic N) is 3. The van der Waals surface area contributed by atoms with E-state index in [0.717, 1.165) is 16.9 Å². The molecule has 0 aliphatic heterocycles. The van der Waals surface area contributed by atoms with Crippen LogP contribution < -0.4 is 10.2 Å². The fraction of sp³-hybridized carbons (Fsp3) is 0.105. The van der Waals surface area contributed by atoms with E-state index in [1.54, 1.807) is 0 Å². The molecule has 0 spiro atoms. The third kappa shape index (κ3) is 3.84. The Morgan fingerprint density at radius 2 is 1.92 bits per heavy atom. The van der Waals surface area contributed by atoms with Crippen molar-refractivity contribution in [1.82, 2.24) is 9.99 Å². The second-order valence-corrected chi connectivity index (χ2v) is 6.26. The standard InChI is InChI=1S/C19H16N4OS/c1-14-7-9-15(10-8-14)17-13-25-19(22-21-18(24)11-12-20)23(17)16-5-3-2-4-6-16/h2-10,13H,11H2,1H3,(H,21,24)/b22-19+. The number of rotatable bonds is 4. The van der Waals surface area contributed by atoms with Gasteiger partial charge in [0.05, 0.1) is 11.8 Å². The first-order valence-electron chi connectivity index (χ1n) is 7.71. The van der Waals surface area contributed by atoms with Gasteiger partial charge in [0.25, 0.3) is 5.91 Å². The van der Waals surface area contributed by atoms with Crippen LogP contribution in [0.5, 0.6) is 0 Å². The molecule has 0 atom stereocenters. The number of para-hydroxylation sites is 1. The van der Waals surface area contributed by atoms with E-state index in [-0.39, 0.29) is 6.42 Å². The van der Waals surface area contributed by atoms with Crippen LogP contribution in [0, 0.1) is 18.3 Å². The van der Waals surface area contributed by atoms with Crippen LogP contribution >= 0.6 is 11.3 Å². The van der Waals surface area contributed by atoms with E-state index in [0.29, 0.717) is 4.80 Å². The Morgan fingerprint density at radius 3 is 2.60 bits per heavy atom. The maximum absolute atomic E-state index is 11.5. The van der Waals surface area contributed by atoms with E-state index in [4.69, 9.17) is 5.26 Å². The van der Waals surface area contributed by atoms with Gasteiger partial charge in [-0.15, -0.1) is 16.4 Å². The predicted octanol–water partition coefficient (Wildman–Crippen LogP) is 3.36. The highest BCUT2D eigenvalue weighted by Crippen LogP contribution is 2.23. The summed E-state index contributed by atoms with van der Waals surface area (Å²) in [4.78, 5) is 12.2. The van der Waals surface area contributed by atoms with Gasteiger partial charge >= 0.3 is 0 Å². The van der Waals surface area contributed by atoms with Crippen LogP contribution in [-0.2, 0) is 4.79 Å². The lowest BCUT2D eigenvalue weighted by Crippen LogP contribution is -2.23. The van der Waals surface area contributed by atoms with Gasteiger partial charge in [-0.2, -0.15) is 5.26 Å². The summed E-state index contributed by atoms with van der Waals surface area (Å²) in [5, 5.41) is 14.8. The summed E-state index contributed by atoms with van der Waals surface area (Å²) < 4.78 is 1.99. The van der Waals surface area contributed by atoms with Crippen LogP contribution in [0.3, 0.4) is 0 Å². The number of amides is 1. The first-order chi connectivity index (χ1) is 12.2. The first-order valence-corrected chi connectivity index (χ1v) is 8.59. The maximum atomic E-state index is 11.5. The minimum atomic E-state index is -0.424. The summed E-state index contributed by atoms with van der Waals surface area (Å²) in [5.41, 5.74) is 6.64. The quantitative estimate of drug-likeness (QED) is 0.735. The van der Waals surface area contributed by atoms with E-state index < -0.39 is 5.91 Å². The fourth-order valence-electron chi connectivity index (χ4n) is 2.36. The first kappa shape index (κ1) is 16.7. The molecule has 1 amide bonds. The molecule has 6 heteroatoms. The third-order valence-electron chi connectivity index (χ3n) is 3.59. The Kier molecular flexibility index (Phi) is 5.07. The molecule has 0 saturated heterocycles. The van der Waals surface area contributed by atoms with Crippen molar-refractivity contribution in [3.8, 4) is 23.0 Å². The van der Waals surface area contributed by atoms with Crippen LogP contribution in [0.15, 0.2) is 65.1 Å². The van der Waals surface area contributed by atoms with E-state index in [9.17, 15) is 4.79 Å². The Bertz CT molecular complexity index is 979. The number of carbonyl (C=O) groups excluding carboxylic acids is 1. The topological polar surface area (TPSA) is 70.2 Å². The summed E-state index contributed by atoms with van der Waals surface area (Å²) in [6, 6.07) is 19.9. The molecule has 25 heavy (non-hydrogen) atoms. The second-order valence-electron chi connectivity index (χ2n) is 5.42. The number of nitrogens with one attached hydrogen (secondary N) is 1. The van der Waals surface area contributed by atoms with Gasteiger partial charge in [0, 0.05) is 11.1 Å². The molecule has 0 bridgehead atoms. The molecule has 0 aliphatic rings. The van der Waals surface area contributed by atoms with Gasteiger partial charge in [0.15, 0.2) is 0 Å². The zero-order valence-corrected chi connectivity index (χ0v) is 14.5. The zero-order chi connectivity index (χ0) is 17.6. The third-order valence-corrected chi connectivity index (χ3v) is 4.41. The van der Waals surface area contributed by atoms with Crippen molar-refractivity contribution in [1.29, 1.82) is 5.26 Å². The minimum Gasteiger partial charge on any atom is -0.284 e. The number of hydrogen-bond acceptors (Lipinski definition) is 4. The van der Waals surface area contributed by atoms with E-state index in [1.807, 2.05) is 53.3 Å². The molecule has 5 nitrogen and oxygen atoms in total. The lowest BCUT2D eigenvalue weighted by molar-refractivity contribution is -0.120. The van der Waals surface area contributed by atoms with Crippen LogP contribution in [-0.4, -0.2) is 10.5 Å². The van der Waals surface area contributed by atoms with Crippen molar-refractivity contribution in [3.05, 3.63) is 70.3 Å². The highest BCUT2D eigenvalue weighted by Gasteiger charge is 2.10. The molecule has 0 fully saturated rings. The van der Waals surface area contributed by atoms with Gasteiger partial charge in [-0.1, -0.05) is 48.0 Å². The van der Waals surface area contributed by atoms with E-state index >= 15 is 0 Å². The number of aryl methyl sites for hydroxylation is 1. The van der Waals surface area contributed by atoms with Gasteiger partial charge in [-0.25, -0.2) is 5.43 Å². The Balaban J connectivity index is 2.11. The molecule has 3 aromatic rings. The molecule has 2 aromatic carbocycles. The molecule has 0 radical (unpaired) electrons. The van der Waals surface area contributed by atoms with Gasteiger partial charge in [0.1, 0.15) is 6.42 Å². The molecule has 0 aliphatic carbocycles. The second kappa shape index (κ2) is 7.60.